The Labute approximate surface area is 123 Å². The smallest absolute Gasteiger partial charge is 0.239 e. The second-order valence-electron chi connectivity index (χ2n) is 3.88. The molecule has 2 rings (SSSR count). The Balaban J connectivity index is 2.14. The van der Waals surface area contributed by atoms with Crippen molar-refractivity contribution < 1.29 is 4.79 Å². The quantitative estimate of drug-likeness (QED) is 0.830. The SMILES string of the molecule is CCC[C@@H](Br)C(=O)Nc1nc2ccc(Cl)cc2s1. The van der Waals surface area contributed by atoms with Gasteiger partial charge in [0.2, 0.25) is 5.91 Å². The van der Waals surface area contributed by atoms with E-state index in [2.05, 4.69) is 26.2 Å². The Morgan fingerprint density at radius 2 is 2.39 bits per heavy atom. The number of halogens is 2. The van der Waals surface area contributed by atoms with Crippen molar-refractivity contribution in [3.8, 4) is 0 Å². The highest BCUT2D eigenvalue weighted by molar-refractivity contribution is 9.10. The molecule has 0 saturated carbocycles. The van der Waals surface area contributed by atoms with Crippen LogP contribution in [0.3, 0.4) is 0 Å². The molecule has 1 amide bonds. The number of carbonyl (C=O) groups is 1. The molecule has 0 aliphatic heterocycles. The lowest BCUT2D eigenvalue weighted by Crippen LogP contribution is -2.22. The standard InChI is InChI=1S/C12H12BrClN2OS/c1-2-3-8(13)11(17)16-12-15-9-5-4-7(14)6-10(9)18-12/h4-6,8H,2-3H2,1H3,(H,15,16,17)/t8-/m1/s1. The molecule has 1 N–H and O–H groups in total. The van der Waals surface area contributed by atoms with Gasteiger partial charge in [-0.15, -0.1) is 0 Å². The summed E-state index contributed by atoms with van der Waals surface area (Å²) in [4.78, 5) is 16.0. The van der Waals surface area contributed by atoms with Crippen LogP contribution in [0, 0.1) is 0 Å². The summed E-state index contributed by atoms with van der Waals surface area (Å²) in [5.41, 5.74) is 0.848. The maximum Gasteiger partial charge on any atom is 0.239 e. The third-order valence-corrected chi connectivity index (χ3v) is 4.45. The maximum absolute atomic E-state index is 11.8. The highest BCUT2D eigenvalue weighted by Crippen LogP contribution is 2.28. The summed E-state index contributed by atoms with van der Waals surface area (Å²) >= 11 is 10.7. The molecule has 0 saturated heterocycles. The first-order valence-corrected chi connectivity index (χ1v) is 7.72. The van der Waals surface area contributed by atoms with Crippen molar-refractivity contribution in [2.75, 3.05) is 5.32 Å². The van der Waals surface area contributed by atoms with Crippen LogP contribution in [-0.2, 0) is 4.79 Å². The van der Waals surface area contributed by atoms with Crippen LogP contribution in [0.15, 0.2) is 18.2 Å². The number of thiazole rings is 1. The monoisotopic (exact) mass is 346 g/mol. The molecule has 18 heavy (non-hydrogen) atoms. The topological polar surface area (TPSA) is 42.0 Å². The lowest BCUT2D eigenvalue weighted by Gasteiger charge is -2.06. The van der Waals surface area contributed by atoms with E-state index < -0.39 is 0 Å². The van der Waals surface area contributed by atoms with E-state index in [1.165, 1.54) is 11.3 Å². The van der Waals surface area contributed by atoms with E-state index in [-0.39, 0.29) is 10.7 Å². The van der Waals surface area contributed by atoms with Crippen LogP contribution < -0.4 is 5.32 Å². The first-order valence-electron chi connectivity index (χ1n) is 5.61. The van der Waals surface area contributed by atoms with Crippen LogP contribution in [0.4, 0.5) is 5.13 Å². The summed E-state index contributed by atoms with van der Waals surface area (Å²) in [5.74, 6) is -0.0537. The van der Waals surface area contributed by atoms with E-state index >= 15 is 0 Å². The molecule has 1 aromatic carbocycles. The van der Waals surface area contributed by atoms with Gasteiger partial charge in [0.15, 0.2) is 5.13 Å². The van der Waals surface area contributed by atoms with Gasteiger partial charge >= 0.3 is 0 Å². The van der Waals surface area contributed by atoms with E-state index in [4.69, 9.17) is 11.6 Å². The van der Waals surface area contributed by atoms with Crippen LogP contribution in [0.2, 0.25) is 5.02 Å². The third kappa shape index (κ3) is 3.22. The second-order valence-corrected chi connectivity index (χ2v) is 6.45. The number of nitrogens with zero attached hydrogens (tertiary/aromatic N) is 1. The number of nitrogens with one attached hydrogen (secondary N) is 1. The number of carbonyl (C=O) groups excluding carboxylic acids is 1. The molecule has 0 aliphatic rings. The first-order chi connectivity index (χ1) is 8.60. The average Bonchev–Trinajstić information content (AvgIpc) is 2.70. The van der Waals surface area contributed by atoms with Crippen LogP contribution in [0.1, 0.15) is 19.8 Å². The molecule has 3 nitrogen and oxygen atoms in total. The summed E-state index contributed by atoms with van der Waals surface area (Å²) in [6.45, 7) is 2.04. The predicted molar refractivity (Wildman–Crippen MR) is 80.9 cm³/mol. The van der Waals surface area contributed by atoms with Crippen molar-refractivity contribution in [1.82, 2.24) is 4.98 Å². The minimum absolute atomic E-state index is 0.0537. The number of anilines is 1. The predicted octanol–water partition coefficient (Wildman–Crippen LogP) is 4.45. The minimum atomic E-state index is -0.168. The summed E-state index contributed by atoms with van der Waals surface area (Å²) in [6.07, 6.45) is 1.77. The molecular formula is C12H12BrClN2OS. The molecule has 0 bridgehead atoms. The molecule has 0 fully saturated rings. The molecule has 1 heterocycles. The van der Waals surface area contributed by atoms with E-state index in [1.807, 2.05) is 19.1 Å². The Morgan fingerprint density at radius 1 is 1.61 bits per heavy atom. The van der Waals surface area contributed by atoms with E-state index in [9.17, 15) is 4.79 Å². The van der Waals surface area contributed by atoms with Crippen molar-refractivity contribution in [3.05, 3.63) is 23.2 Å². The second kappa shape index (κ2) is 5.99. The van der Waals surface area contributed by atoms with Gasteiger partial charge in [-0.2, -0.15) is 0 Å². The number of amides is 1. The average molecular weight is 348 g/mol. The van der Waals surface area contributed by atoms with Crippen LogP contribution in [0.5, 0.6) is 0 Å². The van der Waals surface area contributed by atoms with Gasteiger partial charge in [-0.05, 0) is 24.6 Å². The van der Waals surface area contributed by atoms with Crippen molar-refractivity contribution in [3.63, 3.8) is 0 Å². The van der Waals surface area contributed by atoms with Gasteiger partial charge in [0.1, 0.15) is 0 Å². The van der Waals surface area contributed by atoms with Crippen molar-refractivity contribution in [2.45, 2.75) is 24.6 Å². The number of rotatable bonds is 4. The van der Waals surface area contributed by atoms with Gasteiger partial charge < -0.3 is 5.32 Å². The van der Waals surface area contributed by atoms with Gasteiger partial charge in [0.25, 0.3) is 0 Å². The van der Waals surface area contributed by atoms with Crippen LogP contribution >= 0.6 is 38.9 Å². The molecule has 2 aromatic rings. The van der Waals surface area contributed by atoms with E-state index in [1.54, 1.807) is 6.07 Å². The normalized spacial score (nSPS) is 12.6. The molecule has 0 spiro atoms. The largest absolute Gasteiger partial charge is 0.301 e. The number of aromatic nitrogens is 1. The van der Waals surface area contributed by atoms with Gasteiger partial charge in [-0.3, -0.25) is 4.79 Å². The molecule has 6 heteroatoms. The van der Waals surface area contributed by atoms with Crippen molar-refractivity contribution in [2.24, 2.45) is 0 Å². The number of fused-ring (bicyclic) bond motifs is 1. The molecule has 0 aliphatic carbocycles. The zero-order chi connectivity index (χ0) is 13.1. The minimum Gasteiger partial charge on any atom is -0.301 e. The number of benzene rings is 1. The summed E-state index contributed by atoms with van der Waals surface area (Å²) in [7, 11) is 0. The highest BCUT2D eigenvalue weighted by Gasteiger charge is 2.15. The molecule has 1 atom stereocenters. The fourth-order valence-electron chi connectivity index (χ4n) is 1.52. The zero-order valence-corrected chi connectivity index (χ0v) is 12.9. The van der Waals surface area contributed by atoms with Gasteiger partial charge in [0, 0.05) is 5.02 Å². The van der Waals surface area contributed by atoms with Crippen LogP contribution in [-0.4, -0.2) is 15.7 Å². The Morgan fingerprint density at radius 3 is 3.11 bits per heavy atom. The highest BCUT2D eigenvalue weighted by atomic mass is 79.9. The van der Waals surface area contributed by atoms with Crippen molar-refractivity contribution >= 4 is 60.1 Å². The lowest BCUT2D eigenvalue weighted by atomic mass is 10.2. The fraction of sp³-hybridized carbons (Fsp3) is 0.333. The first kappa shape index (κ1) is 13.8. The van der Waals surface area contributed by atoms with Crippen molar-refractivity contribution in [1.29, 1.82) is 0 Å². The number of alkyl halides is 1. The zero-order valence-electron chi connectivity index (χ0n) is 9.74. The Hall–Kier alpha value is -0.650. The molecule has 1 aromatic heterocycles. The summed E-state index contributed by atoms with van der Waals surface area (Å²) < 4.78 is 0.972. The molecule has 0 radical (unpaired) electrons. The number of hydrogen-bond acceptors (Lipinski definition) is 3. The third-order valence-electron chi connectivity index (χ3n) is 2.41. The lowest BCUT2D eigenvalue weighted by molar-refractivity contribution is -0.115. The Bertz CT molecular complexity index is 572. The maximum atomic E-state index is 11.8. The Kier molecular flexibility index (Phi) is 4.59. The molecular weight excluding hydrogens is 336 g/mol. The van der Waals surface area contributed by atoms with E-state index in [0.29, 0.717) is 10.2 Å². The molecule has 0 unspecified atom stereocenters. The van der Waals surface area contributed by atoms with E-state index in [0.717, 1.165) is 23.1 Å². The summed E-state index contributed by atoms with van der Waals surface area (Å²) in [6, 6.07) is 5.49. The fourth-order valence-corrected chi connectivity index (χ4v) is 3.24. The molecule has 96 valence electrons. The summed E-state index contributed by atoms with van der Waals surface area (Å²) in [5, 5.41) is 4.10. The van der Waals surface area contributed by atoms with Crippen LogP contribution in [0.25, 0.3) is 10.2 Å². The number of hydrogen-bond donors (Lipinski definition) is 1. The van der Waals surface area contributed by atoms with Gasteiger partial charge in [-0.25, -0.2) is 4.98 Å². The van der Waals surface area contributed by atoms with Gasteiger partial charge in [0.05, 0.1) is 15.0 Å². The van der Waals surface area contributed by atoms with Gasteiger partial charge in [-0.1, -0.05) is 52.2 Å².